The SMILES string of the molecule is NC(=O)C(Nc1cccc(Cl)c1)c1ccc(O)c(F)c1. The van der Waals surface area contributed by atoms with Crippen molar-refractivity contribution in [2.24, 2.45) is 5.73 Å². The lowest BCUT2D eigenvalue weighted by molar-refractivity contribution is -0.118. The van der Waals surface area contributed by atoms with E-state index < -0.39 is 23.5 Å². The fourth-order valence-corrected chi connectivity index (χ4v) is 1.96. The molecule has 0 bridgehead atoms. The minimum Gasteiger partial charge on any atom is -0.505 e. The van der Waals surface area contributed by atoms with E-state index in [2.05, 4.69) is 5.32 Å². The molecule has 0 aliphatic rings. The Morgan fingerprint density at radius 1 is 1.30 bits per heavy atom. The molecule has 0 fully saturated rings. The van der Waals surface area contributed by atoms with Crippen LogP contribution in [0, 0.1) is 5.82 Å². The van der Waals surface area contributed by atoms with Gasteiger partial charge in [0.25, 0.3) is 0 Å². The maximum absolute atomic E-state index is 13.4. The lowest BCUT2D eigenvalue weighted by Crippen LogP contribution is -2.27. The molecule has 0 saturated heterocycles. The standard InChI is InChI=1S/C14H12ClFN2O2/c15-9-2-1-3-10(7-9)18-13(14(17)20)8-4-5-12(19)11(16)6-8/h1-7,13,18-19H,(H2,17,20). The van der Waals surface area contributed by atoms with Gasteiger partial charge in [-0.1, -0.05) is 23.7 Å². The maximum atomic E-state index is 13.4. The summed E-state index contributed by atoms with van der Waals surface area (Å²) >= 11 is 5.85. The van der Waals surface area contributed by atoms with Crippen LogP contribution in [0.4, 0.5) is 10.1 Å². The molecule has 104 valence electrons. The molecule has 1 unspecified atom stereocenters. The highest BCUT2D eigenvalue weighted by molar-refractivity contribution is 6.30. The van der Waals surface area contributed by atoms with Gasteiger partial charge in [-0.25, -0.2) is 4.39 Å². The molecule has 0 radical (unpaired) electrons. The van der Waals surface area contributed by atoms with Gasteiger partial charge in [0.15, 0.2) is 11.6 Å². The lowest BCUT2D eigenvalue weighted by Gasteiger charge is -2.17. The van der Waals surface area contributed by atoms with Crippen LogP contribution in [0.5, 0.6) is 5.75 Å². The van der Waals surface area contributed by atoms with Crippen molar-refractivity contribution in [3.05, 3.63) is 58.9 Å². The summed E-state index contributed by atoms with van der Waals surface area (Å²) in [5.41, 5.74) is 6.21. The second-order valence-corrected chi connectivity index (χ2v) is 4.64. The number of aromatic hydroxyl groups is 1. The predicted molar refractivity (Wildman–Crippen MR) is 75.1 cm³/mol. The number of nitrogens with one attached hydrogen (secondary N) is 1. The van der Waals surface area contributed by atoms with E-state index >= 15 is 0 Å². The van der Waals surface area contributed by atoms with E-state index in [0.29, 0.717) is 16.3 Å². The number of halogens is 2. The van der Waals surface area contributed by atoms with Gasteiger partial charge in [0.2, 0.25) is 5.91 Å². The molecular weight excluding hydrogens is 283 g/mol. The van der Waals surface area contributed by atoms with Crippen molar-refractivity contribution in [2.75, 3.05) is 5.32 Å². The highest BCUT2D eigenvalue weighted by Gasteiger charge is 2.19. The molecule has 0 saturated carbocycles. The van der Waals surface area contributed by atoms with Crippen molar-refractivity contribution in [3.63, 3.8) is 0 Å². The molecule has 4 nitrogen and oxygen atoms in total. The number of carbonyl (C=O) groups excluding carboxylic acids is 1. The van der Waals surface area contributed by atoms with Crippen LogP contribution in [0.3, 0.4) is 0 Å². The number of primary amides is 1. The minimum atomic E-state index is -0.927. The molecule has 0 aliphatic heterocycles. The maximum Gasteiger partial charge on any atom is 0.244 e. The van der Waals surface area contributed by atoms with Crippen LogP contribution < -0.4 is 11.1 Å². The van der Waals surface area contributed by atoms with E-state index in [-0.39, 0.29) is 0 Å². The molecule has 2 rings (SSSR count). The fraction of sp³-hybridized carbons (Fsp3) is 0.0714. The molecule has 1 atom stereocenters. The smallest absolute Gasteiger partial charge is 0.244 e. The van der Waals surface area contributed by atoms with Crippen molar-refractivity contribution in [1.29, 1.82) is 0 Å². The average Bonchev–Trinajstić information content (AvgIpc) is 2.39. The van der Waals surface area contributed by atoms with Gasteiger partial charge >= 0.3 is 0 Å². The van der Waals surface area contributed by atoms with E-state index in [1.165, 1.54) is 12.1 Å². The Kier molecular flexibility index (Phi) is 4.10. The van der Waals surface area contributed by atoms with Gasteiger partial charge < -0.3 is 16.2 Å². The van der Waals surface area contributed by atoms with Gasteiger partial charge in [0.1, 0.15) is 6.04 Å². The second kappa shape index (κ2) is 5.79. The second-order valence-electron chi connectivity index (χ2n) is 4.20. The topological polar surface area (TPSA) is 75.4 Å². The van der Waals surface area contributed by atoms with Crippen LogP contribution in [0.2, 0.25) is 5.02 Å². The molecule has 6 heteroatoms. The van der Waals surface area contributed by atoms with Crippen molar-refractivity contribution < 1.29 is 14.3 Å². The molecule has 2 aromatic rings. The van der Waals surface area contributed by atoms with Crippen molar-refractivity contribution in [1.82, 2.24) is 0 Å². The van der Waals surface area contributed by atoms with Crippen molar-refractivity contribution in [3.8, 4) is 5.75 Å². The Hall–Kier alpha value is -2.27. The lowest BCUT2D eigenvalue weighted by atomic mass is 10.1. The number of benzene rings is 2. The third kappa shape index (κ3) is 3.19. The number of hydrogen-bond acceptors (Lipinski definition) is 3. The number of anilines is 1. The van der Waals surface area contributed by atoms with Crippen LogP contribution in [0.15, 0.2) is 42.5 Å². The van der Waals surface area contributed by atoms with Crippen LogP contribution >= 0.6 is 11.6 Å². The van der Waals surface area contributed by atoms with Crippen molar-refractivity contribution >= 4 is 23.2 Å². The van der Waals surface area contributed by atoms with E-state index in [1.807, 2.05) is 0 Å². The third-order valence-electron chi connectivity index (χ3n) is 2.73. The molecule has 0 spiro atoms. The number of phenols is 1. The number of rotatable bonds is 4. The summed E-state index contributed by atoms with van der Waals surface area (Å²) in [6.07, 6.45) is 0. The molecule has 4 N–H and O–H groups in total. The Morgan fingerprint density at radius 3 is 2.65 bits per heavy atom. The summed E-state index contributed by atoms with van der Waals surface area (Å²) in [4.78, 5) is 11.5. The Balaban J connectivity index is 2.32. The number of amides is 1. The largest absolute Gasteiger partial charge is 0.505 e. The first-order chi connectivity index (χ1) is 9.47. The highest BCUT2D eigenvalue weighted by Crippen LogP contribution is 2.25. The summed E-state index contributed by atoms with van der Waals surface area (Å²) in [7, 11) is 0. The van der Waals surface area contributed by atoms with Gasteiger partial charge in [-0.2, -0.15) is 0 Å². The predicted octanol–water partition coefficient (Wildman–Crippen LogP) is 2.82. The Labute approximate surface area is 120 Å². The molecule has 0 aromatic heterocycles. The van der Waals surface area contributed by atoms with Crippen LogP contribution in [-0.4, -0.2) is 11.0 Å². The zero-order chi connectivity index (χ0) is 14.7. The summed E-state index contributed by atoms with van der Waals surface area (Å²) in [5.74, 6) is -1.98. The van der Waals surface area contributed by atoms with Gasteiger partial charge in [-0.15, -0.1) is 0 Å². The first-order valence-corrected chi connectivity index (χ1v) is 6.15. The Bertz CT molecular complexity index is 649. The first-order valence-electron chi connectivity index (χ1n) is 5.77. The van der Waals surface area contributed by atoms with Gasteiger partial charge in [0.05, 0.1) is 0 Å². The number of hydrogen-bond donors (Lipinski definition) is 3. The van der Waals surface area contributed by atoms with E-state index in [1.54, 1.807) is 24.3 Å². The van der Waals surface area contributed by atoms with Crippen LogP contribution in [0.25, 0.3) is 0 Å². The van der Waals surface area contributed by atoms with Crippen molar-refractivity contribution in [2.45, 2.75) is 6.04 Å². The zero-order valence-corrected chi connectivity index (χ0v) is 11.1. The molecule has 0 aliphatic carbocycles. The average molecular weight is 295 g/mol. The molecule has 0 heterocycles. The first kappa shape index (κ1) is 14.1. The van der Waals surface area contributed by atoms with Gasteiger partial charge in [-0.05, 0) is 35.9 Å². The molecule has 20 heavy (non-hydrogen) atoms. The number of carbonyl (C=O) groups is 1. The van der Waals surface area contributed by atoms with E-state index in [9.17, 15) is 9.18 Å². The fourth-order valence-electron chi connectivity index (χ4n) is 1.77. The van der Waals surface area contributed by atoms with Gasteiger partial charge in [0, 0.05) is 10.7 Å². The van der Waals surface area contributed by atoms with E-state index in [4.69, 9.17) is 22.4 Å². The van der Waals surface area contributed by atoms with Gasteiger partial charge in [-0.3, -0.25) is 4.79 Å². The quantitative estimate of drug-likeness (QED) is 0.811. The third-order valence-corrected chi connectivity index (χ3v) is 2.96. The normalized spacial score (nSPS) is 11.9. The summed E-state index contributed by atoms with van der Waals surface area (Å²) in [6.45, 7) is 0. The monoisotopic (exact) mass is 294 g/mol. The number of phenolic OH excluding ortho intramolecular Hbond substituents is 1. The highest BCUT2D eigenvalue weighted by atomic mass is 35.5. The summed E-state index contributed by atoms with van der Waals surface area (Å²) in [5, 5.41) is 12.5. The van der Waals surface area contributed by atoms with Crippen LogP contribution in [0.1, 0.15) is 11.6 Å². The van der Waals surface area contributed by atoms with E-state index in [0.717, 1.165) is 6.07 Å². The molecule has 1 amide bonds. The zero-order valence-electron chi connectivity index (χ0n) is 10.3. The molecular formula is C14H12ClFN2O2. The van der Waals surface area contributed by atoms with Crippen LogP contribution in [-0.2, 0) is 4.79 Å². The minimum absolute atomic E-state index is 0.313. The Morgan fingerprint density at radius 2 is 2.05 bits per heavy atom. The summed E-state index contributed by atoms with van der Waals surface area (Å²) < 4.78 is 13.4. The molecule has 2 aromatic carbocycles. The number of nitrogens with two attached hydrogens (primary N) is 1. The summed E-state index contributed by atoms with van der Waals surface area (Å²) in [6, 6.07) is 9.44.